The maximum absolute atomic E-state index is 13.7. The predicted molar refractivity (Wildman–Crippen MR) is 70.6 cm³/mol. The van der Waals surface area contributed by atoms with Crippen molar-refractivity contribution in [1.82, 2.24) is 4.90 Å². The summed E-state index contributed by atoms with van der Waals surface area (Å²) in [6, 6.07) is 3.57. The Balaban J connectivity index is 2.25. The molecule has 0 aromatic heterocycles. The van der Waals surface area contributed by atoms with E-state index in [2.05, 4.69) is 0 Å². The van der Waals surface area contributed by atoms with Crippen LogP contribution in [0.3, 0.4) is 0 Å². The Kier molecular flexibility index (Phi) is 3.82. The van der Waals surface area contributed by atoms with Gasteiger partial charge in [-0.05, 0) is 18.6 Å². The maximum atomic E-state index is 13.7. The second kappa shape index (κ2) is 5.09. The van der Waals surface area contributed by atoms with Crippen LogP contribution in [0.4, 0.5) is 4.39 Å². The van der Waals surface area contributed by atoms with Crippen molar-refractivity contribution in [2.75, 3.05) is 18.6 Å². The van der Waals surface area contributed by atoms with E-state index in [4.69, 9.17) is 11.6 Å². The minimum Gasteiger partial charge on any atom is -0.338 e. The Labute approximate surface area is 116 Å². The van der Waals surface area contributed by atoms with Gasteiger partial charge in [0, 0.05) is 13.1 Å². The number of nitrogens with zero attached hydrogens (tertiary/aromatic N) is 1. The zero-order valence-corrected chi connectivity index (χ0v) is 11.8. The summed E-state index contributed by atoms with van der Waals surface area (Å²) in [5, 5.41) is 0.0257. The van der Waals surface area contributed by atoms with Crippen LogP contribution in [0.2, 0.25) is 5.02 Å². The van der Waals surface area contributed by atoms with E-state index in [0.29, 0.717) is 6.42 Å². The molecule has 0 N–H and O–H groups in total. The minimum atomic E-state index is -3.10. The SMILES string of the molecule is CN(C(=O)c1c(F)cccc1Cl)[C@@H]1CCS(=O)(=O)C1. The van der Waals surface area contributed by atoms with Crippen LogP contribution in [0.15, 0.2) is 18.2 Å². The van der Waals surface area contributed by atoms with Gasteiger partial charge in [0.25, 0.3) is 5.91 Å². The molecule has 104 valence electrons. The van der Waals surface area contributed by atoms with E-state index in [9.17, 15) is 17.6 Å². The molecule has 0 aliphatic carbocycles. The van der Waals surface area contributed by atoms with Crippen LogP contribution in [-0.2, 0) is 9.84 Å². The van der Waals surface area contributed by atoms with Gasteiger partial charge >= 0.3 is 0 Å². The van der Waals surface area contributed by atoms with E-state index in [1.165, 1.54) is 24.1 Å². The Morgan fingerprint density at radius 2 is 2.16 bits per heavy atom. The summed E-state index contributed by atoms with van der Waals surface area (Å²) < 4.78 is 36.5. The third-order valence-corrected chi connectivity index (χ3v) is 5.32. The zero-order valence-electron chi connectivity index (χ0n) is 10.3. The molecule has 0 bridgehead atoms. The number of carbonyl (C=O) groups excluding carboxylic acids is 1. The number of amides is 1. The fraction of sp³-hybridized carbons (Fsp3) is 0.417. The fourth-order valence-electron chi connectivity index (χ4n) is 2.13. The smallest absolute Gasteiger partial charge is 0.258 e. The van der Waals surface area contributed by atoms with Gasteiger partial charge in [-0.15, -0.1) is 0 Å². The lowest BCUT2D eigenvalue weighted by Crippen LogP contribution is -2.38. The zero-order chi connectivity index (χ0) is 14.2. The molecule has 7 heteroatoms. The first-order chi connectivity index (χ1) is 8.82. The minimum absolute atomic E-state index is 0.0257. The molecule has 1 amide bonds. The summed E-state index contributed by atoms with van der Waals surface area (Å²) in [4.78, 5) is 13.4. The highest BCUT2D eigenvalue weighted by Crippen LogP contribution is 2.24. The molecule has 1 aromatic rings. The van der Waals surface area contributed by atoms with Crippen molar-refractivity contribution in [2.24, 2.45) is 0 Å². The summed E-state index contributed by atoms with van der Waals surface area (Å²) in [5.74, 6) is -1.32. The van der Waals surface area contributed by atoms with E-state index in [1.54, 1.807) is 0 Å². The normalized spacial score (nSPS) is 21.3. The monoisotopic (exact) mass is 305 g/mol. The van der Waals surface area contributed by atoms with Crippen LogP contribution in [0.25, 0.3) is 0 Å². The van der Waals surface area contributed by atoms with E-state index in [1.807, 2.05) is 0 Å². The highest BCUT2D eigenvalue weighted by atomic mass is 35.5. The Morgan fingerprint density at radius 1 is 1.47 bits per heavy atom. The topological polar surface area (TPSA) is 54.5 Å². The van der Waals surface area contributed by atoms with Crippen molar-refractivity contribution in [2.45, 2.75) is 12.5 Å². The molecule has 1 fully saturated rings. The molecule has 19 heavy (non-hydrogen) atoms. The summed E-state index contributed by atoms with van der Waals surface area (Å²) in [5.41, 5.74) is -0.212. The molecule has 1 saturated heterocycles. The largest absolute Gasteiger partial charge is 0.338 e. The number of hydrogen-bond donors (Lipinski definition) is 0. The lowest BCUT2D eigenvalue weighted by molar-refractivity contribution is 0.0743. The van der Waals surface area contributed by atoms with E-state index in [0.717, 1.165) is 6.07 Å². The molecule has 4 nitrogen and oxygen atoms in total. The second-order valence-corrected chi connectivity index (χ2v) is 7.21. The van der Waals surface area contributed by atoms with Gasteiger partial charge in [-0.3, -0.25) is 4.79 Å². The third-order valence-electron chi connectivity index (χ3n) is 3.25. The van der Waals surface area contributed by atoms with Crippen molar-refractivity contribution in [3.8, 4) is 0 Å². The van der Waals surface area contributed by atoms with E-state index < -0.39 is 27.6 Å². The van der Waals surface area contributed by atoms with Gasteiger partial charge in [-0.2, -0.15) is 0 Å². The van der Waals surface area contributed by atoms with Gasteiger partial charge in [0.05, 0.1) is 22.1 Å². The third kappa shape index (κ3) is 2.90. The number of rotatable bonds is 2. The molecule has 0 unspecified atom stereocenters. The van der Waals surface area contributed by atoms with Gasteiger partial charge in [-0.25, -0.2) is 12.8 Å². The molecular weight excluding hydrogens is 293 g/mol. The van der Waals surface area contributed by atoms with Gasteiger partial charge in [0.2, 0.25) is 0 Å². The van der Waals surface area contributed by atoms with Crippen LogP contribution < -0.4 is 0 Å². The molecule has 1 aliphatic heterocycles. The number of sulfone groups is 1. The fourth-order valence-corrected chi connectivity index (χ4v) is 4.14. The van der Waals surface area contributed by atoms with Crippen molar-refractivity contribution in [3.05, 3.63) is 34.6 Å². The predicted octanol–water partition coefficient (Wildman–Crippen LogP) is 1.74. The average Bonchev–Trinajstić information content (AvgIpc) is 2.68. The van der Waals surface area contributed by atoms with Crippen molar-refractivity contribution in [1.29, 1.82) is 0 Å². The van der Waals surface area contributed by atoms with Crippen molar-refractivity contribution >= 4 is 27.3 Å². The van der Waals surface area contributed by atoms with Gasteiger partial charge in [-0.1, -0.05) is 17.7 Å². The maximum Gasteiger partial charge on any atom is 0.258 e. The Hall–Kier alpha value is -1.14. The van der Waals surface area contributed by atoms with Crippen LogP contribution >= 0.6 is 11.6 Å². The Morgan fingerprint density at radius 3 is 2.68 bits per heavy atom. The molecular formula is C12H13ClFNO3S. The summed E-state index contributed by atoms with van der Waals surface area (Å²) in [7, 11) is -1.63. The quantitative estimate of drug-likeness (QED) is 0.836. The average molecular weight is 306 g/mol. The molecule has 0 spiro atoms. The van der Waals surface area contributed by atoms with Gasteiger partial charge in [0.15, 0.2) is 9.84 Å². The number of carbonyl (C=O) groups is 1. The number of hydrogen-bond acceptors (Lipinski definition) is 3. The molecule has 2 rings (SSSR count). The standard InChI is InChI=1S/C12H13ClFNO3S/c1-15(8-5-6-19(17,18)7-8)12(16)11-9(13)3-2-4-10(11)14/h2-4,8H,5-7H2,1H3/t8-/m1/s1. The lowest BCUT2D eigenvalue weighted by atomic mass is 10.1. The molecule has 1 heterocycles. The molecule has 1 aromatic carbocycles. The number of halogens is 2. The number of benzene rings is 1. The molecule has 0 radical (unpaired) electrons. The highest BCUT2D eigenvalue weighted by Gasteiger charge is 2.34. The van der Waals surface area contributed by atoms with Gasteiger partial charge < -0.3 is 4.90 Å². The summed E-state index contributed by atoms with van der Waals surface area (Å²) >= 11 is 5.83. The lowest BCUT2D eigenvalue weighted by Gasteiger charge is -2.24. The van der Waals surface area contributed by atoms with E-state index >= 15 is 0 Å². The first-order valence-corrected chi connectivity index (χ1v) is 7.93. The van der Waals surface area contributed by atoms with Gasteiger partial charge in [0.1, 0.15) is 5.82 Å². The Bertz CT molecular complexity index is 597. The summed E-state index contributed by atoms with van der Waals surface area (Å²) in [6.07, 6.45) is 0.372. The first-order valence-electron chi connectivity index (χ1n) is 5.73. The van der Waals surface area contributed by atoms with Crippen LogP contribution in [0, 0.1) is 5.82 Å². The van der Waals surface area contributed by atoms with Crippen molar-refractivity contribution < 1.29 is 17.6 Å². The van der Waals surface area contributed by atoms with E-state index in [-0.39, 0.29) is 22.1 Å². The first kappa shape index (κ1) is 14.3. The summed E-state index contributed by atoms with van der Waals surface area (Å²) in [6.45, 7) is 0. The van der Waals surface area contributed by atoms with Crippen LogP contribution in [-0.4, -0.2) is 43.8 Å². The second-order valence-electron chi connectivity index (χ2n) is 4.57. The van der Waals surface area contributed by atoms with Crippen LogP contribution in [0.5, 0.6) is 0 Å². The van der Waals surface area contributed by atoms with Crippen molar-refractivity contribution in [3.63, 3.8) is 0 Å². The molecule has 1 atom stereocenters. The highest BCUT2D eigenvalue weighted by molar-refractivity contribution is 7.91. The van der Waals surface area contributed by atoms with Crippen LogP contribution in [0.1, 0.15) is 16.8 Å². The molecule has 1 aliphatic rings. The molecule has 0 saturated carbocycles.